The Bertz CT molecular complexity index is 307. The summed E-state index contributed by atoms with van der Waals surface area (Å²) in [6.45, 7) is 3.18. The maximum Gasteiger partial charge on any atom is 0.0421 e. The second-order valence-corrected chi connectivity index (χ2v) is 3.57. The van der Waals surface area contributed by atoms with Gasteiger partial charge in [-0.3, -0.25) is 0 Å². The molecule has 1 atom stereocenters. The van der Waals surface area contributed by atoms with Gasteiger partial charge in [0, 0.05) is 18.3 Å². The van der Waals surface area contributed by atoms with Crippen LogP contribution in [0.2, 0.25) is 0 Å². The predicted molar refractivity (Wildman–Crippen MR) is 55.9 cm³/mol. The molecule has 2 rings (SSSR count). The van der Waals surface area contributed by atoms with E-state index in [9.17, 15) is 0 Å². The summed E-state index contributed by atoms with van der Waals surface area (Å²) >= 11 is 0. The molecule has 1 aromatic rings. The molecule has 70 valence electrons. The molecule has 0 aliphatic carbocycles. The largest absolute Gasteiger partial charge is 0.384 e. The second-order valence-electron chi connectivity index (χ2n) is 3.57. The predicted octanol–water partition coefficient (Wildman–Crippen LogP) is 2.06. The van der Waals surface area contributed by atoms with Crippen LogP contribution < -0.4 is 11.1 Å². The molecule has 0 saturated carbocycles. The Morgan fingerprint density at radius 2 is 2.38 bits per heavy atom. The molecular formula is C11H16N2. The minimum absolute atomic E-state index is 0.181. The summed E-state index contributed by atoms with van der Waals surface area (Å²) in [4.78, 5) is 0. The number of anilines is 1. The van der Waals surface area contributed by atoms with Crippen molar-refractivity contribution in [3.05, 3.63) is 29.3 Å². The summed E-state index contributed by atoms with van der Waals surface area (Å²) in [6, 6.07) is 6.60. The Kier molecular flexibility index (Phi) is 2.23. The van der Waals surface area contributed by atoms with Gasteiger partial charge in [0.25, 0.3) is 0 Å². The van der Waals surface area contributed by atoms with Crippen LogP contribution in [0, 0.1) is 0 Å². The van der Waals surface area contributed by atoms with Crippen LogP contribution in [0.1, 0.15) is 30.5 Å². The SMILES string of the molecule is CC[C@@H](N)c1cccc2c1NCC2. The summed E-state index contributed by atoms with van der Waals surface area (Å²) < 4.78 is 0. The molecular weight excluding hydrogens is 160 g/mol. The molecule has 0 saturated heterocycles. The fourth-order valence-electron chi connectivity index (χ4n) is 1.89. The van der Waals surface area contributed by atoms with Crippen molar-refractivity contribution in [2.24, 2.45) is 5.73 Å². The van der Waals surface area contributed by atoms with E-state index in [-0.39, 0.29) is 6.04 Å². The molecule has 0 bridgehead atoms. The quantitative estimate of drug-likeness (QED) is 0.724. The molecule has 0 aromatic heterocycles. The summed E-state index contributed by atoms with van der Waals surface area (Å²) in [7, 11) is 0. The summed E-state index contributed by atoms with van der Waals surface area (Å²) in [5.74, 6) is 0. The standard InChI is InChI=1S/C11H16N2/c1-2-10(12)9-5-3-4-8-6-7-13-11(8)9/h3-5,10,13H,2,6-7,12H2,1H3/t10-/m1/s1. The molecule has 0 spiro atoms. The van der Waals surface area contributed by atoms with Crippen LogP contribution in [0.5, 0.6) is 0 Å². The van der Waals surface area contributed by atoms with Crippen LogP contribution in [0.25, 0.3) is 0 Å². The highest BCUT2D eigenvalue weighted by Gasteiger charge is 2.16. The first kappa shape index (κ1) is 8.57. The zero-order valence-electron chi connectivity index (χ0n) is 8.01. The van der Waals surface area contributed by atoms with Gasteiger partial charge in [-0.2, -0.15) is 0 Å². The van der Waals surface area contributed by atoms with Gasteiger partial charge in [-0.25, -0.2) is 0 Å². The van der Waals surface area contributed by atoms with Crippen LogP contribution in [0.15, 0.2) is 18.2 Å². The van der Waals surface area contributed by atoms with Gasteiger partial charge >= 0.3 is 0 Å². The molecule has 1 heterocycles. The van der Waals surface area contributed by atoms with Gasteiger partial charge in [-0.1, -0.05) is 25.1 Å². The van der Waals surface area contributed by atoms with Crippen LogP contribution in [0.3, 0.4) is 0 Å². The van der Waals surface area contributed by atoms with E-state index in [4.69, 9.17) is 5.73 Å². The summed E-state index contributed by atoms with van der Waals surface area (Å²) in [5.41, 5.74) is 10.0. The van der Waals surface area contributed by atoms with Crippen LogP contribution in [0.4, 0.5) is 5.69 Å². The van der Waals surface area contributed by atoms with E-state index >= 15 is 0 Å². The lowest BCUT2D eigenvalue weighted by Gasteiger charge is -2.14. The molecule has 2 nitrogen and oxygen atoms in total. The lowest BCUT2D eigenvalue weighted by atomic mass is 10.0. The number of hydrogen-bond donors (Lipinski definition) is 2. The highest BCUT2D eigenvalue weighted by molar-refractivity contribution is 5.62. The minimum atomic E-state index is 0.181. The third-order valence-electron chi connectivity index (χ3n) is 2.72. The number of nitrogens with one attached hydrogen (secondary N) is 1. The van der Waals surface area contributed by atoms with Crippen molar-refractivity contribution in [1.82, 2.24) is 0 Å². The number of nitrogens with two attached hydrogens (primary N) is 1. The zero-order valence-corrected chi connectivity index (χ0v) is 8.01. The third kappa shape index (κ3) is 1.42. The van der Waals surface area contributed by atoms with Crippen molar-refractivity contribution in [2.75, 3.05) is 11.9 Å². The lowest BCUT2D eigenvalue weighted by molar-refractivity contribution is 0.700. The summed E-state index contributed by atoms with van der Waals surface area (Å²) in [5, 5.41) is 3.40. The average molecular weight is 176 g/mol. The molecule has 0 radical (unpaired) electrons. The van der Waals surface area contributed by atoms with E-state index in [0.717, 1.165) is 19.4 Å². The third-order valence-corrected chi connectivity index (χ3v) is 2.72. The van der Waals surface area contributed by atoms with Crippen molar-refractivity contribution in [3.63, 3.8) is 0 Å². The maximum atomic E-state index is 6.03. The van der Waals surface area contributed by atoms with Crippen molar-refractivity contribution < 1.29 is 0 Å². The number of rotatable bonds is 2. The molecule has 1 aliphatic heterocycles. The van der Waals surface area contributed by atoms with Crippen molar-refractivity contribution in [2.45, 2.75) is 25.8 Å². The molecule has 2 heteroatoms. The van der Waals surface area contributed by atoms with E-state index in [0.29, 0.717) is 0 Å². The first-order chi connectivity index (χ1) is 6.33. The number of para-hydroxylation sites is 1. The number of benzene rings is 1. The van der Waals surface area contributed by atoms with Gasteiger partial charge in [0.1, 0.15) is 0 Å². The lowest BCUT2D eigenvalue weighted by Crippen LogP contribution is -2.10. The topological polar surface area (TPSA) is 38.0 Å². The zero-order chi connectivity index (χ0) is 9.26. The Hall–Kier alpha value is -1.02. The normalized spacial score (nSPS) is 16.5. The summed E-state index contributed by atoms with van der Waals surface area (Å²) in [6.07, 6.45) is 2.14. The fourth-order valence-corrected chi connectivity index (χ4v) is 1.89. The molecule has 13 heavy (non-hydrogen) atoms. The van der Waals surface area contributed by atoms with Crippen LogP contribution in [-0.2, 0) is 6.42 Å². The number of fused-ring (bicyclic) bond motifs is 1. The Morgan fingerprint density at radius 1 is 1.54 bits per heavy atom. The average Bonchev–Trinajstić information content (AvgIpc) is 2.63. The Balaban J connectivity index is 2.41. The molecule has 0 amide bonds. The fraction of sp³-hybridized carbons (Fsp3) is 0.455. The van der Waals surface area contributed by atoms with Gasteiger partial charge in [-0.15, -0.1) is 0 Å². The van der Waals surface area contributed by atoms with Crippen molar-refractivity contribution >= 4 is 5.69 Å². The van der Waals surface area contributed by atoms with E-state index in [1.807, 2.05) is 0 Å². The minimum Gasteiger partial charge on any atom is -0.384 e. The first-order valence-corrected chi connectivity index (χ1v) is 4.94. The van der Waals surface area contributed by atoms with E-state index < -0.39 is 0 Å². The van der Waals surface area contributed by atoms with Gasteiger partial charge in [0.2, 0.25) is 0 Å². The molecule has 0 unspecified atom stereocenters. The van der Waals surface area contributed by atoms with Gasteiger partial charge in [0.05, 0.1) is 0 Å². The van der Waals surface area contributed by atoms with Gasteiger partial charge in [0.15, 0.2) is 0 Å². The van der Waals surface area contributed by atoms with Gasteiger partial charge in [-0.05, 0) is 24.0 Å². The molecule has 1 aromatic carbocycles. The number of hydrogen-bond acceptors (Lipinski definition) is 2. The van der Waals surface area contributed by atoms with Gasteiger partial charge < -0.3 is 11.1 Å². The smallest absolute Gasteiger partial charge is 0.0421 e. The second kappa shape index (κ2) is 3.38. The van der Waals surface area contributed by atoms with Crippen LogP contribution in [-0.4, -0.2) is 6.54 Å². The van der Waals surface area contributed by atoms with Crippen molar-refractivity contribution in [1.29, 1.82) is 0 Å². The van der Waals surface area contributed by atoms with Crippen LogP contribution >= 0.6 is 0 Å². The van der Waals surface area contributed by atoms with E-state index in [2.05, 4.69) is 30.4 Å². The van der Waals surface area contributed by atoms with E-state index in [1.165, 1.54) is 16.8 Å². The highest BCUT2D eigenvalue weighted by atomic mass is 14.9. The highest BCUT2D eigenvalue weighted by Crippen LogP contribution is 2.30. The Labute approximate surface area is 79.1 Å². The maximum absolute atomic E-state index is 6.03. The molecule has 3 N–H and O–H groups in total. The van der Waals surface area contributed by atoms with E-state index in [1.54, 1.807) is 0 Å². The first-order valence-electron chi connectivity index (χ1n) is 4.94. The Morgan fingerprint density at radius 3 is 3.15 bits per heavy atom. The molecule has 1 aliphatic rings. The monoisotopic (exact) mass is 176 g/mol. The van der Waals surface area contributed by atoms with Crippen molar-refractivity contribution in [3.8, 4) is 0 Å². The molecule has 0 fully saturated rings.